The zero-order chi connectivity index (χ0) is 16.4. The van der Waals surface area contributed by atoms with Gasteiger partial charge >= 0.3 is 0 Å². The molecule has 0 fully saturated rings. The van der Waals surface area contributed by atoms with Gasteiger partial charge in [-0.1, -0.05) is 18.2 Å². The van der Waals surface area contributed by atoms with Crippen molar-refractivity contribution in [2.75, 3.05) is 0 Å². The van der Waals surface area contributed by atoms with Gasteiger partial charge in [-0.15, -0.1) is 0 Å². The topological polar surface area (TPSA) is 51.1 Å². The Balaban J connectivity index is 1.86. The number of carbonyl (C=O) groups excluding carboxylic acids is 1. The molecule has 2 heterocycles. The summed E-state index contributed by atoms with van der Waals surface area (Å²) in [6.07, 6.45) is 0.753. The molecule has 0 radical (unpaired) electrons. The van der Waals surface area contributed by atoms with E-state index >= 15 is 0 Å². The second-order valence-electron chi connectivity index (χ2n) is 5.69. The number of aromatic nitrogens is 1. The fourth-order valence-corrected chi connectivity index (χ4v) is 3.38. The van der Waals surface area contributed by atoms with Gasteiger partial charge in [0, 0.05) is 13.1 Å². The molecule has 0 aliphatic rings. The van der Waals surface area contributed by atoms with Gasteiger partial charge in [0.2, 0.25) is 0 Å². The highest BCUT2D eigenvalue weighted by atomic mass is 32.1. The zero-order valence-corrected chi connectivity index (χ0v) is 13.9. The number of pyridine rings is 1. The van der Waals surface area contributed by atoms with Crippen LogP contribution in [-0.2, 0) is 13.5 Å². The smallest absolute Gasteiger partial charge is 0.263 e. The first-order chi connectivity index (χ1) is 11.1. The number of hydrogen-bond acceptors (Lipinski definition) is 3. The molecule has 0 bridgehead atoms. The fraction of sp³-hybridized carbons (Fsp3) is 0.222. The molecule has 0 unspecified atom stereocenters. The van der Waals surface area contributed by atoms with Gasteiger partial charge in [0.1, 0.15) is 5.56 Å². The fourth-order valence-electron chi connectivity index (χ4n) is 2.70. The highest BCUT2D eigenvalue weighted by Crippen LogP contribution is 2.13. The van der Waals surface area contributed by atoms with Crippen molar-refractivity contribution in [3.05, 3.63) is 68.6 Å². The Morgan fingerprint density at radius 3 is 2.83 bits per heavy atom. The summed E-state index contributed by atoms with van der Waals surface area (Å²) in [5.41, 5.74) is 1.92. The van der Waals surface area contributed by atoms with Crippen LogP contribution in [0.5, 0.6) is 0 Å². The molecule has 1 amide bonds. The summed E-state index contributed by atoms with van der Waals surface area (Å²) < 4.78 is 1.52. The summed E-state index contributed by atoms with van der Waals surface area (Å²) in [7, 11) is 1.69. The maximum Gasteiger partial charge on any atom is 0.263 e. The lowest BCUT2D eigenvalue weighted by Crippen LogP contribution is -2.38. The van der Waals surface area contributed by atoms with E-state index in [1.807, 2.05) is 42.6 Å². The first-order valence-corrected chi connectivity index (χ1v) is 8.41. The van der Waals surface area contributed by atoms with E-state index in [1.165, 1.54) is 10.1 Å². The van der Waals surface area contributed by atoms with Crippen LogP contribution in [0.1, 0.15) is 22.8 Å². The number of thiophene rings is 1. The molecule has 118 valence electrons. The molecule has 2 aromatic heterocycles. The maximum atomic E-state index is 12.5. The Kier molecular flexibility index (Phi) is 4.30. The Morgan fingerprint density at radius 2 is 2.09 bits per heavy atom. The van der Waals surface area contributed by atoms with Gasteiger partial charge in [-0.2, -0.15) is 11.3 Å². The van der Waals surface area contributed by atoms with Crippen LogP contribution in [0, 0.1) is 0 Å². The van der Waals surface area contributed by atoms with Crippen molar-refractivity contribution >= 4 is 28.1 Å². The van der Waals surface area contributed by atoms with E-state index in [2.05, 4.69) is 10.7 Å². The average molecular weight is 326 g/mol. The van der Waals surface area contributed by atoms with Crippen LogP contribution in [0.2, 0.25) is 0 Å². The lowest BCUT2D eigenvalue weighted by atomic mass is 10.1. The maximum absolute atomic E-state index is 12.5. The number of para-hydroxylation sites is 1. The van der Waals surface area contributed by atoms with Crippen molar-refractivity contribution in [2.24, 2.45) is 7.05 Å². The van der Waals surface area contributed by atoms with Crippen LogP contribution < -0.4 is 10.9 Å². The molecule has 1 N–H and O–H groups in total. The Morgan fingerprint density at radius 1 is 1.30 bits per heavy atom. The van der Waals surface area contributed by atoms with Gasteiger partial charge in [0.25, 0.3) is 11.5 Å². The van der Waals surface area contributed by atoms with E-state index < -0.39 is 0 Å². The van der Waals surface area contributed by atoms with E-state index in [0.717, 1.165) is 17.3 Å². The summed E-state index contributed by atoms with van der Waals surface area (Å²) >= 11 is 1.64. The van der Waals surface area contributed by atoms with Gasteiger partial charge < -0.3 is 9.88 Å². The van der Waals surface area contributed by atoms with E-state index in [1.54, 1.807) is 24.5 Å². The molecule has 4 nitrogen and oxygen atoms in total. The third kappa shape index (κ3) is 3.19. The third-order valence-corrected chi connectivity index (χ3v) is 4.61. The van der Waals surface area contributed by atoms with Crippen LogP contribution in [-0.4, -0.2) is 16.5 Å². The van der Waals surface area contributed by atoms with Gasteiger partial charge in [0.05, 0.1) is 5.52 Å². The van der Waals surface area contributed by atoms with Crippen LogP contribution in [0.25, 0.3) is 10.9 Å². The molecule has 0 saturated heterocycles. The molecule has 1 atom stereocenters. The predicted molar refractivity (Wildman–Crippen MR) is 94.1 cm³/mol. The minimum Gasteiger partial charge on any atom is -0.349 e. The number of aryl methyl sites for hydroxylation is 1. The molecule has 5 heteroatoms. The van der Waals surface area contributed by atoms with Gasteiger partial charge in [-0.05, 0) is 53.3 Å². The number of carbonyl (C=O) groups is 1. The monoisotopic (exact) mass is 326 g/mol. The lowest BCUT2D eigenvalue weighted by molar-refractivity contribution is 0.0938. The van der Waals surface area contributed by atoms with Gasteiger partial charge in [0.15, 0.2) is 0 Å². The Bertz CT molecular complexity index is 897. The summed E-state index contributed by atoms with van der Waals surface area (Å²) in [6, 6.07) is 11.2. The van der Waals surface area contributed by atoms with E-state index in [9.17, 15) is 9.59 Å². The Labute approximate surface area is 138 Å². The normalized spacial score (nSPS) is 12.3. The number of nitrogens with zero attached hydrogens (tertiary/aromatic N) is 1. The summed E-state index contributed by atoms with van der Waals surface area (Å²) in [5.74, 6) is -0.320. The van der Waals surface area contributed by atoms with Crippen LogP contribution in [0.3, 0.4) is 0 Å². The molecule has 0 spiro atoms. The van der Waals surface area contributed by atoms with Crippen molar-refractivity contribution in [3.63, 3.8) is 0 Å². The second-order valence-corrected chi connectivity index (χ2v) is 6.47. The minimum atomic E-state index is -0.320. The van der Waals surface area contributed by atoms with Crippen LogP contribution in [0.4, 0.5) is 0 Å². The molecule has 23 heavy (non-hydrogen) atoms. The molecular weight excluding hydrogens is 308 g/mol. The molecule has 3 rings (SSSR count). The summed E-state index contributed by atoms with van der Waals surface area (Å²) in [4.78, 5) is 24.9. The molecule has 3 aromatic rings. The van der Waals surface area contributed by atoms with Crippen molar-refractivity contribution in [2.45, 2.75) is 19.4 Å². The molecular formula is C18H18N2O2S. The second kappa shape index (κ2) is 6.38. The van der Waals surface area contributed by atoms with Crippen LogP contribution >= 0.6 is 11.3 Å². The van der Waals surface area contributed by atoms with Crippen molar-refractivity contribution < 1.29 is 4.79 Å². The first-order valence-electron chi connectivity index (χ1n) is 7.47. The van der Waals surface area contributed by atoms with Crippen molar-refractivity contribution in [1.29, 1.82) is 0 Å². The van der Waals surface area contributed by atoms with Crippen molar-refractivity contribution in [1.82, 2.24) is 9.88 Å². The molecule has 0 saturated carbocycles. The SMILES string of the molecule is C[C@H](Cc1ccsc1)NC(=O)c1cc2ccccc2n(C)c1=O. The average Bonchev–Trinajstić information content (AvgIpc) is 3.03. The largest absolute Gasteiger partial charge is 0.349 e. The number of amides is 1. The van der Waals surface area contributed by atoms with E-state index in [-0.39, 0.29) is 23.1 Å². The van der Waals surface area contributed by atoms with Crippen molar-refractivity contribution in [3.8, 4) is 0 Å². The highest BCUT2D eigenvalue weighted by Gasteiger charge is 2.16. The zero-order valence-electron chi connectivity index (χ0n) is 13.1. The third-order valence-electron chi connectivity index (χ3n) is 3.88. The quantitative estimate of drug-likeness (QED) is 0.801. The first kappa shape index (κ1) is 15.5. The molecule has 1 aromatic carbocycles. The highest BCUT2D eigenvalue weighted by molar-refractivity contribution is 7.07. The molecule has 0 aliphatic heterocycles. The minimum absolute atomic E-state index is 0.0340. The number of fused-ring (bicyclic) bond motifs is 1. The number of rotatable bonds is 4. The Hall–Kier alpha value is -2.40. The summed E-state index contributed by atoms with van der Waals surface area (Å²) in [6.45, 7) is 1.95. The number of nitrogens with one attached hydrogen (secondary N) is 1. The van der Waals surface area contributed by atoms with E-state index in [0.29, 0.717) is 0 Å². The van der Waals surface area contributed by atoms with E-state index in [4.69, 9.17) is 0 Å². The standard InChI is InChI=1S/C18H18N2O2S/c1-12(9-13-7-8-23-11-13)19-17(21)15-10-14-5-3-4-6-16(14)20(2)18(15)22/h3-8,10-12H,9H2,1-2H3,(H,19,21)/t12-/m1/s1. The summed E-state index contributed by atoms with van der Waals surface area (Å²) in [5, 5.41) is 7.88. The predicted octanol–water partition coefficient (Wildman–Crippen LogP) is 2.96. The lowest BCUT2D eigenvalue weighted by Gasteiger charge is -2.14. The van der Waals surface area contributed by atoms with Gasteiger partial charge in [-0.3, -0.25) is 9.59 Å². The number of hydrogen-bond donors (Lipinski definition) is 1. The van der Waals surface area contributed by atoms with Gasteiger partial charge in [-0.25, -0.2) is 0 Å². The molecule has 0 aliphatic carbocycles. The number of benzene rings is 1. The van der Waals surface area contributed by atoms with Crippen LogP contribution in [0.15, 0.2) is 52.0 Å².